The topological polar surface area (TPSA) is 98.5 Å². The van der Waals surface area contributed by atoms with Crippen molar-refractivity contribution in [2.45, 2.75) is 25.4 Å². The Bertz CT molecular complexity index is 927. The van der Waals surface area contributed by atoms with Crippen molar-refractivity contribution in [1.82, 2.24) is 0 Å². The number of benzene rings is 2. The summed E-state index contributed by atoms with van der Waals surface area (Å²) in [6, 6.07) is 10.5. The molecule has 2 aromatic carbocycles. The van der Waals surface area contributed by atoms with Gasteiger partial charge in [-0.15, -0.1) is 0 Å². The number of nitro benzene ring substituents is 1. The van der Waals surface area contributed by atoms with E-state index in [-0.39, 0.29) is 0 Å². The summed E-state index contributed by atoms with van der Waals surface area (Å²) in [5.74, 6) is -1.75. The molecule has 0 fully saturated rings. The summed E-state index contributed by atoms with van der Waals surface area (Å²) in [4.78, 5) is 34.0. The number of rotatable bonds is 6. The number of hydrogen-bond acceptors (Lipinski definition) is 5. The van der Waals surface area contributed by atoms with E-state index in [2.05, 4.69) is 0 Å². The molecule has 0 aromatic heterocycles. The highest BCUT2D eigenvalue weighted by Gasteiger charge is 2.36. The van der Waals surface area contributed by atoms with Crippen LogP contribution in [-0.2, 0) is 25.9 Å². The zero-order valence-corrected chi connectivity index (χ0v) is 15.4. The molecule has 0 bridgehead atoms. The van der Waals surface area contributed by atoms with Gasteiger partial charge in [0.2, 0.25) is 0 Å². The summed E-state index contributed by atoms with van der Waals surface area (Å²) in [5.41, 5.74) is -3.26. The van der Waals surface area contributed by atoms with Crippen molar-refractivity contribution in [2.75, 3.05) is 11.9 Å². The third kappa shape index (κ3) is 5.31. The van der Waals surface area contributed by atoms with E-state index in [1.807, 2.05) is 5.32 Å². The number of nitro groups is 1. The van der Waals surface area contributed by atoms with E-state index in [0.717, 1.165) is 12.1 Å². The van der Waals surface area contributed by atoms with E-state index in [0.29, 0.717) is 11.6 Å². The lowest BCUT2D eigenvalue weighted by atomic mass is 9.85. The van der Waals surface area contributed by atoms with Gasteiger partial charge in [-0.25, -0.2) is 0 Å². The van der Waals surface area contributed by atoms with E-state index < -0.39 is 51.9 Å². The van der Waals surface area contributed by atoms with Crippen LogP contribution in [-0.4, -0.2) is 23.4 Å². The first-order valence-corrected chi connectivity index (χ1v) is 8.31. The number of carbonyl (C=O) groups is 2. The van der Waals surface area contributed by atoms with Crippen LogP contribution in [0, 0.1) is 10.1 Å². The molecule has 2 rings (SSSR count). The van der Waals surface area contributed by atoms with E-state index in [9.17, 15) is 32.9 Å². The summed E-state index contributed by atoms with van der Waals surface area (Å²) in [6.07, 6.45) is -4.93. The molecule has 0 spiro atoms. The molecule has 0 unspecified atom stereocenters. The van der Waals surface area contributed by atoms with Crippen molar-refractivity contribution in [3.8, 4) is 0 Å². The number of non-ortho nitro benzene ring substituents is 1. The van der Waals surface area contributed by atoms with Gasteiger partial charge in [-0.1, -0.05) is 30.3 Å². The van der Waals surface area contributed by atoms with Crippen LogP contribution in [0.3, 0.4) is 0 Å². The molecule has 0 radical (unpaired) electrons. The van der Waals surface area contributed by atoms with Crippen LogP contribution in [0.15, 0.2) is 48.5 Å². The van der Waals surface area contributed by atoms with Crippen LogP contribution >= 0.6 is 0 Å². The van der Waals surface area contributed by atoms with Crippen LogP contribution in [0.4, 0.5) is 24.5 Å². The minimum atomic E-state index is -4.93. The highest BCUT2D eigenvalue weighted by atomic mass is 19.4. The molecule has 0 atom stereocenters. The average molecular weight is 410 g/mol. The minimum absolute atomic E-state index is 0.320. The van der Waals surface area contributed by atoms with Gasteiger partial charge < -0.3 is 10.1 Å². The Labute approximate surface area is 163 Å². The number of halogens is 3. The third-order valence-electron chi connectivity index (χ3n) is 4.13. The Balaban J connectivity index is 2.10. The Kier molecular flexibility index (Phi) is 6.25. The van der Waals surface area contributed by atoms with Crippen LogP contribution in [0.5, 0.6) is 0 Å². The van der Waals surface area contributed by atoms with Gasteiger partial charge >= 0.3 is 12.1 Å². The van der Waals surface area contributed by atoms with Crippen molar-refractivity contribution in [3.05, 3.63) is 69.8 Å². The van der Waals surface area contributed by atoms with E-state index in [1.165, 1.54) is 0 Å². The summed E-state index contributed by atoms with van der Waals surface area (Å²) >= 11 is 0. The molecule has 0 saturated carbocycles. The highest BCUT2D eigenvalue weighted by Crippen LogP contribution is 2.37. The normalized spacial score (nSPS) is 11.6. The van der Waals surface area contributed by atoms with Crippen molar-refractivity contribution in [1.29, 1.82) is 0 Å². The maximum Gasteiger partial charge on any atom is 0.418 e. The summed E-state index contributed by atoms with van der Waals surface area (Å²) in [7, 11) is 0. The number of nitrogens with zero attached hydrogens (tertiary/aromatic N) is 1. The second-order valence-corrected chi connectivity index (χ2v) is 6.60. The number of nitrogens with one attached hydrogen (secondary N) is 1. The number of carbonyl (C=O) groups excluding carboxylic acids is 2. The van der Waals surface area contributed by atoms with Crippen molar-refractivity contribution >= 4 is 23.3 Å². The standard InChI is InChI=1S/C19H17F3N2O5/c1-18(2,12-6-4-3-5-7-12)17(26)29-11-16(25)23-15-9-8-13(24(27)28)10-14(15)19(20,21)22/h3-10H,11H2,1-2H3,(H,23,25). The molecule has 0 saturated heterocycles. The molecule has 0 aliphatic carbocycles. The molecule has 2 aromatic rings. The smallest absolute Gasteiger partial charge is 0.418 e. The highest BCUT2D eigenvalue weighted by molar-refractivity contribution is 5.94. The summed E-state index contributed by atoms with van der Waals surface area (Å²) in [5, 5.41) is 12.7. The Morgan fingerprint density at radius 1 is 1.10 bits per heavy atom. The van der Waals surface area contributed by atoms with Crippen molar-refractivity contribution < 1.29 is 32.4 Å². The maximum atomic E-state index is 13.1. The molecule has 29 heavy (non-hydrogen) atoms. The van der Waals surface area contributed by atoms with E-state index in [4.69, 9.17) is 4.74 Å². The second-order valence-electron chi connectivity index (χ2n) is 6.60. The Morgan fingerprint density at radius 3 is 2.28 bits per heavy atom. The van der Waals surface area contributed by atoms with Crippen LogP contribution in [0.2, 0.25) is 0 Å². The zero-order valence-electron chi connectivity index (χ0n) is 15.4. The molecule has 1 N–H and O–H groups in total. The molecule has 0 heterocycles. The van der Waals surface area contributed by atoms with Crippen LogP contribution in [0.1, 0.15) is 25.0 Å². The Morgan fingerprint density at radius 2 is 1.72 bits per heavy atom. The summed E-state index contributed by atoms with van der Waals surface area (Å²) in [6.45, 7) is 2.35. The third-order valence-corrected chi connectivity index (χ3v) is 4.13. The SMILES string of the molecule is CC(C)(C(=O)OCC(=O)Nc1ccc([N+](=O)[O-])cc1C(F)(F)F)c1ccccc1. The number of esters is 1. The second kappa shape index (κ2) is 8.29. The zero-order chi connectivity index (χ0) is 21.8. The van der Waals surface area contributed by atoms with E-state index >= 15 is 0 Å². The predicted molar refractivity (Wildman–Crippen MR) is 97.2 cm³/mol. The van der Waals surface area contributed by atoms with Gasteiger partial charge in [0.1, 0.15) is 0 Å². The molecule has 1 amide bonds. The lowest BCUT2D eigenvalue weighted by Crippen LogP contribution is -2.33. The average Bonchev–Trinajstić information content (AvgIpc) is 2.66. The molecule has 154 valence electrons. The van der Waals surface area contributed by atoms with Gasteiger partial charge in [0.15, 0.2) is 6.61 Å². The fourth-order valence-electron chi connectivity index (χ4n) is 2.46. The van der Waals surface area contributed by atoms with Gasteiger partial charge in [-0.3, -0.25) is 19.7 Å². The minimum Gasteiger partial charge on any atom is -0.455 e. The molecule has 0 aliphatic heterocycles. The van der Waals surface area contributed by atoms with E-state index in [1.54, 1.807) is 44.2 Å². The first-order valence-electron chi connectivity index (χ1n) is 8.31. The molecular formula is C19H17F3N2O5. The van der Waals surface area contributed by atoms with Crippen LogP contribution < -0.4 is 5.32 Å². The lowest BCUT2D eigenvalue weighted by molar-refractivity contribution is -0.385. The predicted octanol–water partition coefficient (Wildman–Crippen LogP) is 4.07. The largest absolute Gasteiger partial charge is 0.455 e. The number of ether oxygens (including phenoxy) is 1. The van der Waals surface area contributed by atoms with Gasteiger partial charge in [0.25, 0.3) is 11.6 Å². The number of amides is 1. The fourth-order valence-corrected chi connectivity index (χ4v) is 2.46. The monoisotopic (exact) mass is 410 g/mol. The fraction of sp³-hybridized carbons (Fsp3) is 0.263. The van der Waals surface area contributed by atoms with Gasteiger partial charge in [0.05, 0.1) is 21.6 Å². The lowest BCUT2D eigenvalue weighted by Gasteiger charge is -2.23. The van der Waals surface area contributed by atoms with Gasteiger partial charge in [0, 0.05) is 12.1 Å². The van der Waals surface area contributed by atoms with Gasteiger partial charge in [-0.05, 0) is 25.5 Å². The van der Waals surface area contributed by atoms with Crippen molar-refractivity contribution in [2.24, 2.45) is 0 Å². The number of alkyl halides is 3. The maximum absolute atomic E-state index is 13.1. The molecular weight excluding hydrogens is 393 g/mol. The van der Waals surface area contributed by atoms with Crippen LogP contribution in [0.25, 0.3) is 0 Å². The van der Waals surface area contributed by atoms with Crippen molar-refractivity contribution in [3.63, 3.8) is 0 Å². The summed E-state index contributed by atoms with van der Waals surface area (Å²) < 4.78 is 44.4. The van der Waals surface area contributed by atoms with Gasteiger partial charge in [-0.2, -0.15) is 13.2 Å². The first kappa shape index (κ1) is 21.9. The molecule has 7 nitrogen and oxygen atoms in total. The molecule has 10 heteroatoms. The first-order chi connectivity index (χ1) is 13.4. The number of anilines is 1. The Hall–Kier alpha value is -3.43. The quantitative estimate of drug-likeness (QED) is 0.440. The molecule has 0 aliphatic rings. The number of hydrogen-bond donors (Lipinski definition) is 1.